The second-order valence-corrected chi connectivity index (χ2v) is 2.44. The van der Waals surface area contributed by atoms with Gasteiger partial charge < -0.3 is 9.47 Å². The van der Waals surface area contributed by atoms with Gasteiger partial charge in [-0.3, -0.25) is 4.79 Å². The monoisotopic (exact) mass is 172 g/mol. The number of hydrogen-bond donors (Lipinski definition) is 0. The van der Waals surface area contributed by atoms with Crippen LogP contribution in [0.15, 0.2) is 12.8 Å². The molecule has 0 aliphatic carbocycles. The fraction of sp³-hybridized carbons (Fsp3) is 0.667. The van der Waals surface area contributed by atoms with Crippen LogP contribution in [0.25, 0.3) is 0 Å². The molecule has 0 aliphatic rings. The molecule has 0 saturated heterocycles. The van der Waals surface area contributed by atoms with Gasteiger partial charge in [0, 0.05) is 6.92 Å². The second-order valence-electron chi connectivity index (χ2n) is 2.44. The van der Waals surface area contributed by atoms with E-state index in [1.807, 2.05) is 0 Å². The van der Waals surface area contributed by atoms with Crippen molar-refractivity contribution in [3.63, 3.8) is 0 Å². The summed E-state index contributed by atoms with van der Waals surface area (Å²) in [4.78, 5) is 10.3. The molecule has 0 aromatic heterocycles. The molecule has 0 aromatic carbocycles. The first kappa shape index (κ1) is 11.0. The smallest absolute Gasteiger partial charge is 0.302 e. The molecule has 0 amide bonds. The highest BCUT2D eigenvalue weighted by Gasteiger charge is 1.92. The number of unbranched alkanes of at least 4 members (excludes halogenated alkanes) is 2. The molecule has 0 aliphatic heterocycles. The average molecular weight is 172 g/mol. The van der Waals surface area contributed by atoms with Gasteiger partial charge in [0.1, 0.15) is 0 Å². The van der Waals surface area contributed by atoms with Crippen molar-refractivity contribution in [2.45, 2.75) is 26.2 Å². The van der Waals surface area contributed by atoms with E-state index in [-0.39, 0.29) is 5.97 Å². The molecule has 0 heterocycles. The Bertz CT molecular complexity index is 132. The van der Waals surface area contributed by atoms with Crippen LogP contribution >= 0.6 is 0 Å². The molecule has 0 spiro atoms. The molecule has 0 rings (SSSR count). The minimum Gasteiger partial charge on any atom is -0.502 e. The normalized spacial score (nSPS) is 9.08. The first-order valence-corrected chi connectivity index (χ1v) is 4.13. The molecule has 0 radical (unpaired) electrons. The maximum Gasteiger partial charge on any atom is 0.302 e. The van der Waals surface area contributed by atoms with E-state index in [9.17, 15) is 4.79 Å². The minimum atomic E-state index is -0.211. The number of ether oxygens (including phenoxy) is 2. The Hall–Kier alpha value is -0.990. The molecule has 0 atom stereocenters. The van der Waals surface area contributed by atoms with Gasteiger partial charge >= 0.3 is 5.97 Å². The topological polar surface area (TPSA) is 35.5 Å². The zero-order valence-corrected chi connectivity index (χ0v) is 7.54. The summed E-state index contributed by atoms with van der Waals surface area (Å²) in [6, 6.07) is 0. The quantitative estimate of drug-likeness (QED) is 0.334. The number of hydrogen-bond acceptors (Lipinski definition) is 3. The van der Waals surface area contributed by atoms with E-state index in [4.69, 9.17) is 9.47 Å². The van der Waals surface area contributed by atoms with E-state index in [1.165, 1.54) is 13.2 Å². The highest BCUT2D eigenvalue weighted by Crippen LogP contribution is 1.96. The van der Waals surface area contributed by atoms with Gasteiger partial charge in [0.25, 0.3) is 0 Å². The van der Waals surface area contributed by atoms with E-state index in [0.717, 1.165) is 19.3 Å². The van der Waals surface area contributed by atoms with Crippen molar-refractivity contribution in [1.29, 1.82) is 0 Å². The third kappa shape index (κ3) is 9.01. The van der Waals surface area contributed by atoms with E-state index in [2.05, 4.69) is 6.58 Å². The minimum absolute atomic E-state index is 0.211. The molecule has 0 aromatic rings. The maximum absolute atomic E-state index is 10.3. The summed E-state index contributed by atoms with van der Waals surface area (Å²) in [7, 11) is 0. The van der Waals surface area contributed by atoms with E-state index >= 15 is 0 Å². The van der Waals surface area contributed by atoms with Crippen molar-refractivity contribution in [1.82, 2.24) is 0 Å². The van der Waals surface area contributed by atoms with Crippen LogP contribution in [0.3, 0.4) is 0 Å². The van der Waals surface area contributed by atoms with Gasteiger partial charge in [-0.15, -0.1) is 0 Å². The summed E-state index contributed by atoms with van der Waals surface area (Å²) in [6.45, 7) is 6.06. The van der Waals surface area contributed by atoms with Crippen molar-refractivity contribution < 1.29 is 14.3 Å². The lowest BCUT2D eigenvalue weighted by atomic mass is 10.2. The third-order valence-corrected chi connectivity index (χ3v) is 1.33. The average Bonchev–Trinajstić information content (AvgIpc) is 2.02. The highest BCUT2D eigenvalue weighted by atomic mass is 16.5. The van der Waals surface area contributed by atoms with Crippen molar-refractivity contribution in [3.8, 4) is 0 Å². The lowest BCUT2D eigenvalue weighted by molar-refractivity contribution is -0.141. The number of rotatable bonds is 7. The maximum atomic E-state index is 10.3. The number of carbonyl (C=O) groups excluding carboxylic acids is 1. The van der Waals surface area contributed by atoms with Crippen LogP contribution in [0.1, 0.15) is 26.2 Å². The standard InChI is InChI=1S/C9H16O3/c1-3-11-7-5-4-6-8-12-9(2)10/h3H,1,4-8H2,2H3. The molecule has 0 N–H and O–H groups in total. The first-order chi connectivity index (χ1) is 5.77. The number of esters is 1. The van der Waals surface area contributed by atoms with Crippen LogP contribution in [-0.4, -0.2) is 19.2 Å². The summed E-state index contributed by atoms with van der Waals surface area (Å²) in [5.41, 5.74) is 0. The van der Waals surface area contributed by atoms with Gasteiger partial charge in [0.05, 0.1) is 19.5 Å². The molecule has 3 heteroatoms. The summed E-state index contributed by atoms with van der Waals surface area (Å²) in [5, 5.41) is 0. The van der Waals surface area contributed by atoms with Crippen LogP contribution in [0.4, 0.5) is 0 Å². The van der Waals surface area contributed by atoms with Gasteiger partial charge in [0.15, 0.2) is 0 Å². The van der Waals surface area contributed by atoms with Crippen LogP contribution in [0.2, 0.25) is 0 Å². The predicted octanol–water partition coefficient (Wildman–Crippen LogP) is 1.88. The Morgan fingerprint density at radius 1 is 1.33 bits per heavy atom. The van der Waals surface area contributed by atoms with Crippen molar-refractivity contribution >= 4 is 5.97 Å². The summed E-state index contributed by atoms with van der Waals surface area (Å²) >= 11 is 0. The van der Waals surface area contributed by atoms with Crippen LogP contribution in [0.5, 0.6) is 0 Å². The SMILES string of the molecule is C=COCCCCCOC(C)=O. The molecule has 0 fully saturated rings. The third-order valence-electron chi connectivity index (χ3n) is 1.33. The Balaban J connectivity index is 2.90. The van der Waals surface area contributed by atoms with Crippen LogP contribution < -0.4 is 0 Å². The Labute approximate surface area is 73.4 Å². The molecule has 3 nitrogen and oxygen atoms in total. The highest BCUT2D eigenvalue weighted by molar-refractivity contribution is 5.65. The van der Waals surface area contributed by atoms with Crippen molar-refractivity contribution in [2.75, 3.05) is 13.2 Å². The Morgan fingerprint density at radius 2 is 2.00 bits per heavy atom. The lowest BCUT2D eigenvalue weighted by Gasteiger charge is -2.01. The first-order valence-electron chi connectivity index (χ1n) is 4.13. The lowest BCUT2D eigenvalue weighted by Crippen LogP contribution is -2.00. The van der Waals surface area contributed by atoms with Crippen LogP contribution in [-0.2, 0) is 14.3 Å². The van der Waals surface area contributed by atoms with E-state index < -0.39 is 0 Å². The van der Waals surface area contributed by atoms with Gasteiger partial charge in [-0.05, 0) is 19.3 Å². The molecular formula is C9H16O3. The molecule has 0 saturated carbocycles. The Morgan fingerprint density at radius 3 is 2.58 bits per heavy atom. The van der Waals surface area contributed by atoms with Crippen molar-refractivity contribution in [2.24, 2.45) is 0 Å². The summed E-state index contributed by atoms with van der Waals surface area (Å²) in [5.74, 6) is -0.211. The fourth-order valence-electron chi connectivity index (χ4n) is 0.763. The second kappa shape index (κ2) is 8.11. The molecule has 0 unspecified atom stereocenters. The molecule has 12 heavy (non-hydrogen) atoms. The van der Waals surface area contributed by atoms with Gasteiger partial charge in [-0.1, -0.05) is 6.58 Å². The van der Waals surface area contributed by atoms with Crippen LogP contribution in [0, 0.1) is 0 Å². The predicted molar refractivity (Wildman–Crippen MR) is 46.6 cm³/mol. The van der Waals surface area contributed by atoms with Crippen molar-refractivity contribution in [3.05, 3.63) is 12.8 Å². The molecule has 0 bridgehead atoms. The summed E-state index contributed by atoms with van der Waals surface area (Å²) in [6.07, 6.45) is 4.33. The zero-order valence-electron chi connectivity index (χ0n) is 7.54. The van der Waals surface area contributed by atoms with Gasteiger partial charge in [-0.2, -0.15) is 0 Å². The van der Waals surface area contributed by atoms with E-state index in [0.29, 0.717) is 13.2 Å². The van der Waals surface area contributed by atoms with E-state index in [1.54, 1.807) is 0 Å². The number of carbonyl (C=O) groups is 1. The zero-order chi connectivity index (χ0) is 9.23. The largest absolute Gasteiger partial charge is 0.502 e. The Kier molecular flexibility index (Phi) is 7.44. The summed E-state index contributed by atoms with van der Waals surface area (Å²) < 4.78 is 9.67. The molecular weight excluding hydrogens is 156 g/mol. The molecule has 70 valence electrons. The van der Waals surface area contributed by atoms with Gasteiger partial charge in [-0.25, -0.2) is 0 Å². The fourth-order valence-corrected chi connectivity index (χ4v) is 0.763. The van der Waals surface area contributed by atoms with Gasteiger partial charge in [0.2, 0.25) is 0 Å².